The molecule has 35 heavy (non-hydrogen) atoms. The van der Waals surface area contributed by atoms with E-state index in [1.165, 1.54) is 16.6 Å². The Balaban J connectivity index is 1.25. The van der Waals surface area contributed by atoms with Crippen LogP contribution < -0.4 is 10.1 Å². The Morgan fingerprint density at radius 1 is 0.971 bits per heavy atom. The van der Waals surface area contributed by atoms with Crippen molar-refractivity contribution in [2.75, 3.05) is 25.5 Å². The number of carbonyl (C=O) groups excluding carboxylic acids is 1. The number of halogens is 1. The number of hydrogen-bond donors (Lipinski definition) is 1. The van der Waals surface area contributed by atoms with E-state index in [4.69, 9.17) is 16.3 Å². The molecule has 180 valence electrons. The molecule has 0 radical (unpaired) electrons. The summed E-state index contributed by atoms with van der Waals surface area (Å²) in [6.07, 6.45) is 1.71. The standard InChI is InChI=1S/C29H30ClN3O2/c1-35-26-12-10-24(11-13-26)31-29(34)21-14-16-32(17-15-21)20-25-18-22-6-3-5-9-28(22)33(25)19-23-7-2-4-8-27(23)30/h2-13,18,21H,14-17,19-20H2,1H3,(H,31,34). The van der Waals surface area contributed by atoms with Crippen LogP contribution in [0.2, 0.25) is 5.02 Å². The molecule has 5 rings (SSSR count). The summed E-state index contributed by atoms with van der Waals surface area (Å²) in [6.45, 7) is 3.39. The Hall–Kier alpha value is -3.28. The molecule has 6 heteroatoms. The quantitative estimate of drug-likeness (QED) is 0.337. The van der Waals surface area contributed by atoms with Crippen molar-refractivity contribution < 1.29 is 9.53 Å². The summed E-state index contributed by atoms with van der Waals surface area (Å²) >= 11 is 6.49. The normalized spacial score (nSPS) is 14.8. The fourth-order valence-corrected chi connectivity index (χ4v) is 5.08. The van der Waals surface area contributed by atoms with Crippen LogP contribution in [0.3, 0.4) is 0 Å². The van der Waals surface area contributed by atoms with Gasteiger partial charge in [-0.3, -0.25) is 9.69 Å². The van der Waals surface area contributed by atoms with Crippen molar-refractivity contribution in [2.45, 2.75) is 25.9 Å². The first kappa shape index (κ1) is 23.5. The Morgan fingerprint density at radius 2 is 1.69 bits per heavy atom. The predicted octanol–water partition coefficient (Wildman–Crippen LogP) is 6.20. The molecular formula is C29H30ClN3O2. The molecule has 5 nitrogen and oxygen atoms in total. The summed E-state index contributed by atoms with van der Waals surface area (Å²) in [5, 5.41) is 5.09. The lowest BCUT2D eigenvalue weighted by Crippen LogP contribution is -2.38. The van der Waals surface area contributed by atoms with E-state index in [2.05, 4.69) is 51.2 Å². The van der Waals surface area contributed by atoms with Gasteiger partial charge in [0, 0.05) is 40.9 Å². The topological polar surface area (TPSA) is 46.5 Å². The second-order valence-electron chi connectivity index (χ2n) is 9.14. The highest BCUT2D eigenvalue weighted by atomic mass is 35.5. The Morgan fingerprint density at radius 3 is 2.43 bits per heavy atom. The third-order valence-corrected chi connectivity index (χ3v) is 7.25. The van der Waals surface area contributed by atoms with Crippen LogP contribution in [0.4, 0.5) is 5.69 Å². The SMILES string of the molecule is COc1ccc(NC(=O)C2CCN(Cc3cc4ccccc4n3Cc3ccccc3Cl)CC2)cc1. The molecule has 3 aromatic carbocycles. The summed E-state index contributed by atoms with van der Waals surface area (Å²) in [5.41, 5.74) is 4.41. The first-order chi connectivity index (χ1) is 17.1. The molecule has 0 bridgehead atoms. The highest BCUT2D eigenvalue weighted by molar-refractivity contribution is 6.31. The smallest absolute Gasteiger partial charge is 0.227 e. The minimum Gasteiger partial charge on any atom is -0.497 e. The van der Waals surface area contributed by atoms with Crippen LogP contribution in [0, 0.1) is 5.92 Å². The first-order valence-electron chi connectivity index (χ1n) is 12.1. The number of para-hydroxylation sites is 1. The van der Waals surface area contributed by atoms with Crippen LogP contribution in [0.25, 0.3) is 10.9 Å². The van der Waals surface area contributed by atoms with Gasteiger partial charge in [-0.25, -0.2) is 0 Å². The van der Waals surface area contributed by atoms with Crippen molar-refractivity contribution in [3.05, 3.63) is 95.1 Å². The molecule has 1 fully saturated rings. The predicted molar refractivity (Wildman–Crippen MR) is 142 cm³/mol. The van der Waals surface area contributed by atoms with Gasteiger partial charge in [0.2, 0.25) is 5.91 Å². The van der Waals surface area contributed by atoms with Gasteiger partial charge in [0.1, 0.15) is 5.75 Å². The number of fused-ring (bicyclic) bond motifs is 1. The second-order valence-corrected chi connectivity index (χ2v) is 9.55. The molecular weight excluding hydrogens is 458 g/mol. The molecule has 0 saturated carbocycles. The third kappa shape index (κ3) is 5.37. The largest absolute Gasteiger partial charge is 0.497 e. The van der Waals surface area contributed by atoms with E-state index in [-0.39, 0.29) is 11.8 Å². The molecule has 0 atom stereocenters. The van der Waals surface area contributed by atoms with Crippen LogP contribution in [-0.2, 0) is 17.9 Å². The lowest BCUT2D eigenvalue weighted by Gasteiger charge is -2.31. The van der Waals surface area contributed by atoms with E-state index in [0.717, 1.165) is 61.0 Å². The zero-order chi connectivity index (χ0) is 24.2. The Bertz CT molecular complexity index is 1310. The highest BCUT2D eigenvalue weighted by Gasteiger charge is 2.26. The number of rotatable bonds is 7. The number of methoxy groups -OCH3 is 1. The summed E-state index contributed by atoms with van der Waals surface area (Å²) in [6, 6.07) is 26.3. The molecule has 1 aliphatic rings. The van der Waals surface area contributed by atoms with Crippen molar-refractivity contribution >= 4 is 34.1 Å². The summed E-state index contributed by atoms with van der Waals surface area (Å²) in [4.78, 5) is 15.3. The molecule has 0 aliphatic carbocycles. The number of anilines is 1. The minimum absolute atomic E-state index is 0.0299. The number of nitrogens with zero attached hydrogens (tertiary/aromatic N) is 2. The average molecular weight is 488 g/mol. The van der Waals surface area contributed by atoms with Gasteiger partial charge in [0.15, 0.2) is 0 Å². The molecule has 1 aromatic heterocycles. The molecule has 4 aromatic rings. The lowest BCUT2D eigenvalue weighted by atomic mass is 9.95. The fraction of sp³-hybridized carbons (Fsp3) is 0.276. The zero-order valence-corrected chi connectivity index (χ0v) is 20.7. The number of benzene rings is 3. The maximum absolute atomic E-state index is 12.8. The average Bonchev–Trinajstić information content (AvgIpc) is 3.23. The van der Waals surface area contributed by atoms with Gasteiger partial charge in [0.25, 0.3) is 0 Å². The molecule has 0 spiro atoms. The number of amides is 1. The molecule has 1 amide bonds. The van der Waals surface area contributed by atoms with Crippen LogP contribution in [0.1, 0.15) is 24.1 Å². The van der Waals surface area contributed by atoms with Crippen LogP contribution in [-0.4, -0.2) is 35.6 Å². The van der Waals surface area contributed by atoms with Crippen LogP contribution >= 0.6 is 11.6 Å². The van der Waals surface area contributed by atoms with Gasteiger partial charge in [0.05, 0.1) is 7.11 Å². The maximum Gasteiger partial charge on any atom is 0.227 e. The minimum atomic E-state index is 0.0299. The van der Waals surface area contributed by atoms with E-state index in [9.17, 15) is 4.79 Å². The summed E-state index contributed by atoms with van der Waals surface area (Å²) in [5.74, 6) is 0.910. The number of nitrogens with one attached hydrogen (secondary N) is 1. The number of likely N-dealkylation sites (tertiary alicyclic amines) is 1. The van der Waals surface area contributed by atoms with Crippen molar-refractivity contribution in [3.63, 3.8) is 0 Å². The number of carbonyl (C=O) groups is 1. The van der Waals surface area contributed by atoms with Gasteiger partial charge in [-0.2, -0.15) is 0 Å². The summed E-state index contributed by atoms with van der Waals surface area (Å²) < 4.78 is 7.57. The molecule has 1 N–H and O–H groups in total. The second kappa shape index (κ2) is 10.5. The van der Waals surface area contributed by atoms with Crippen molar-refractivity contribution in [1.82, 2.24) is 9.47 Å². The third-order valence-electron chi connectivity index (χ3n) is 6.88. The Kier molecular flexibility index (Phi) is 7.07. The van der Waals surface area contributed by atoms with Gasteiger partial charge in [-0.15, -0.1) is 0 Å². The van der Waals surface area contributed by atoms with Gasteiger partial charge < -0.3 is 14.6 Å². The molecule has 0 unspecified atom stereocenters. The van der Waals surface area contributed by atoms with E-state index in [1.54, 1.807) is 7.11 Å². The molecule has 2 heterocycles. The number of piperidine rings is 1. The van der Waals surface area contributed by atoms with Crippen molar-refractivity contribution in [3.8, 4) is 5.75 Å². The zero-order valence-electron chi connectivity index (χ0n) is 19.9. The highest BCUT2D eigenvalue weighted by Crippen LogP contribution is 2.27. The number of ether oxygens (including phenoxy) is 1. The van der Waals surface area contributed by atoms with Gasteiger partial charge in [-0.1, -0.05) is 48.0 Å². The van der Waals surface area contributed by atoms with Crippen molar-refractivity contribution in [1.29, 1.82) is 0 Å². The van der Waals surface area contributed by atoms with Gasteiger partial charge >= 0.3 is 0 Å². The number of hydrogen-bond acceptors (Lipinski definition) is 3. The van der Waals surface area contributed by atoms with Crippen molar-refractivity contribution in [2.24, 2.45) is 5.92 Å². The molecule has 1 aliphatic heterocycles. The molecule has 1 saturated heterocycles. The Labute approximate surface area is 211 Å². The first-order valence-corrected chi connectivity index (χ1v) is 12.5. The van der Waals surface area contributed by atoms with E-state index < -0.39 is 0 Å². The maximum atomic E-state index is 12.8. The fourth-order valence-electron chi connectivity index (χ4n) is 4.88. The summed E-state index contributed by atoms with van der Waals surface area (Å²) in [7, 11) is 1.64. The van der Waals surface area contributed by atoms with E-state index >= 15 is 0 Å². The lowest BCUT2D eigenvalue weighted by molar-refractivity contribution is -0.121. The van der Waals surface area contributed by atoms with Crippen LogP contribution in [0.15, 0.2) is 78.9 Å². The monoisotopic (exact) mass is 487 g/mol. The van der Waals surface area contributed by atoms with E-state index in [0.29, 0.717) is 0 Å². The van der Waals surface area contributed by atoms with Crippen LogP contribution in [0.5, 0.6) is 5.75 Å². The van der Waals surface area contributed by atoms with E-state index in [1.807, 2.05) is 42.5 Å². The van der Waals surface area contributed by atoms with Gasteiger partial charge in [-0.05, 0) is 79.3 Å². The number of aromatic nitrogens is 1.